The number of unbranched alkanes of at least 4 members (excludes halogenated alkanes) is 1. The fourth-order valence-electron chi connectivity index (χ4n) is 0.980. The lowest BCUT2D eigenvalue weighted by molar-refractivity contribution is 0.0453. The summed E-state index contributed by atoms with van der Waals surface area (Å²) in [5, 5.41) is 12.2. The van der Waals surface area contributed by atoms with Crippen molar-refractivity contribution in [3.05, 3.63) is 0 Å². The summed E-state index contributed by atoms with van der Waals surface area (Å²) in [5.41, 5.74) is 0. The van der Waals surface area contributed by atoms with E-state index >= 15 is 0 Å². The fourth-order valence-corrected chi connectivity index (χ4v) is 0.980. The van der Waals surface area contributed by atoms with Crippen molar-refractivity contribution < 1.29 is 9.84 Å². The van der Waals surface area contributed by atoms with Crippen molar-refractivity contribution in [3.8, 4) is 0 Å². The highest BCUT2D eigenvalue weighted by atomic mass is 16.5. The van der Waals surface area contributed by atoms with Crippen molar-refractivity contribution in [2.45, 2.75) is 39.2 Å². The molecule has 0 saturated heterocycles. The molecule has 0 aliphatic heterocycles. The Labute approximate surface area is 81.5 Å². The predicted octanol–water partition coefficient (Wildman–Crippen LogP) is 1.16. The zero-order valence-electron chi connectivity index (χ0n) is 8.88. The SMILES string of the molecule is CCCCNCCCOCC(C)O. The van der Waals surface area contributed by atoms with Crippen molar-refractivity contribution in [1.82, 2.24) is 5.32 Å². The van der Waals surface area contributed by atoms with E-state index in [0.717, 1.165) is 26.1 Å². The van der Waals surface area contributed by atoms with Gasteiger partial charge in [-0.25, -0.2) is 0 Å². The summed E-state index contributed by atoms with van der Waals surface area (Å²) in [7, 11) is 0. The van der Waals surface area contributed by atoms with Gasteiger partial charge in [-0.05, 0) is 32.9 Å². The van der Waals surface area contributed by atoms with Crippen LogP contribution in [0.1, 0.15) is 33.1 Å². The molecular weight excluding hydrogens is 166 g/mol. The molecule has 80 valence electrons. The second kappa shape index (κ2) is 9.96. The summed E-state index contributed by atoms with van der Waals surface area (Å²) in [6.45, 7) is 7.23. The van der Waals surface area contributed by atoms with Crippen molar-refractivity contribution in [1.29, 1.82) is 0 Å². The first-order chi connectivity index (χ1) is 6.27. The summed E-state index contributed by atoms with van der Waals surface area (Å²) < 4.78 is 5.21. The number of hydrogen-bond donors (Lipinski definition) is 2. The molecule has 2 N–H and O–H groups in total. The molecule has 0 rings (SSSR count). The minimum atomic E-state index is -0.340. The molecule has 0 radical (unpaired) electrons. The lowest BCUT2D eigenvalue weighted by Crippen LogP contribution is -2.19. The maximum Gasteiger partial charge on any atom is 0.0745 e. The first-order valence-electron chi connectivity index (χ1n) is 5.24. The van der Waals surface area contributed by atoms with E-state index in [0.29, 0.717) is 6.61 Å². The van der Waals surface area contributed by atoms with E-state index in [1.165, 1.54) is 12.8 Å². The van der Waals surface area contributed by atoms with Crippen LogP contribution in [-0.2, 0) is 4.74 Å². The molecule has 13 heavy (non-hydrogen) atoms. The maximum absolute atomic E-state index is 8.88. The Morgan fingerprint density at radius 1 is 1.31 bits per heavy atom. The third kappa shape index (κ3) is 11.9. The van der Waals surface area contributed by atoms with Crippen LogP contribution in [0, 0.1) is 0 Å². The molecule has 0 fully saturated rings. The van der Waals surface area contributed by atoms with Crippen molar-refractivity contribution in [2.75, 3.05) is 26.3 Å². The Hall–Kier alpha value is -0.120. The fraction of sp³-hybridized carbons (Fsp3) is 1.00. The Balaban J connectivity index is 2.84. The van der Waals surface area contributed by atoms with E-state index in [4.69, 9.17) is 9.84 Å². The van der Waals surface area contributed by atoms with Gasteiger partial charge in [0.15, 0.2) is 0 Å². The first kappa shape index (κ1) is 12.9. The number of nitrogens with one attached hydrogen (secondary N) is 1. The molecule has 0 aliphatic rings. The van der Waals surface area contributed by atoms with E-state index in [-0.39, 0.29) is 6.10 Å². The molecule has 0 heterocycles. The van der Waals surface area contributed by atoms with Crippen LogP contribution in [0.2, 0.25) is 0 Å². The normalized spacial score (nSPS) is 13.2. The van der Waals surface area contributed by atoms with E-state index < -0.39 is 0 Å². The Morgan fingerprint density at radius 3 is 2.62 bits per heavy atom. The van der Waals surface area contributed by atoms with Gasteiger partial charge in [0.05, 0.1) is 12.7 Å². The van der Waals surface area contributed by atoms with E-state index in [1.807, 2.05) is 0 Å². The second-order valence-electron chi connectivity index (χ2n) is 3.38. The van der Waals surface area contributed by atoms with Gasteiger partial charge in [0.2, 0.25) is 0 Å². The second-order valence-corrected chi connectivity index (χ2v) is 3.38. The molecule has 0 aromatic carbocycles. The highest BCUT2D eigenvalue weighted by molar-refractivity contribution is 4.48. The smallest absolute Gasteiger partial charge is 0.0745 e. The maximum atomic E-state index is 8.88. The number of ether oxygens (including phenoxy) is 1. The van der Waals surface area contributed by atoms with E-state index in [1.54, 1.807) is 6.92 Å². The molecular formula is C10H23NO2. The number of hydrogen-bond acceptors (Lipinski definition) is 3. The molecule has 0 amide bonds. The summed E-state index contributed by atoms with van der Waals surface area (Å²) in [6, 6.07) is 0. The molecule has 0 saturated carbocycles. The third-order valence-corrected chi connectivity index (χ3v) is 1.71. The number of aliphatic hydroxyl groups is 1. The topological polar surface area (TPSA) is 41.5 Å². The van der Waals surface area contributed by atoms with Gasteiger partial charge in [-0.15, -0.1) is 0 Å². The lowest BCUT2D eigenvalue weighted by Gasteiger charge is -2.06. The minimum absolute atomic E-state index is 0.340. The zero-order chi connectivity index (χ0) is 9.94. The van der Waals surface area contributed by atoms with Gasteiger partial charge in [0, 0.05) is 6.61 Å². The molecule has 3 heteroatoms. The Kier molecular flexibility index (Phi) is 9.87. The zero-order valence-corrected chi connectivity index (χ0v) is 8.88. The lowest BCUT2D eigenvalue weighted by atomic mass is 10.3. The molecule has 1 unspecified atom stereocenters. The van der Waals surface area contributed by atoms with Crippen LogP contribution >= 0.6 is 0 Å². The van der Waals surface area contributed by atoms with Crippen LogP contribution in [0.4, 0.5) is 0 Å². The van der Waals surface area contributed by atoms with Crippen LogP contribution in [-0.4, -0.2) is 37.5 Å². The van der Waals surface area contributed by atoms with Crippen molar-refractivity contribution in [3.63, 3.8) is 0 Å². The Morgan fingerprint density at radius 2 is 2.00 bits per heavy atom. The third-order valence-electron chi connectivity index (χ3n) is 1.71. The van der Waals surface area contributed by atoms with Gasteiger partial charge < -0.3 is 15.2 Å². The van der Waals surface area contributed by atoms with Crippen LogP contribution in [0.5, 0.6) is 0 Å². The highest BCUT2D eigenvalue weighted by Gasteiger charge is 1.94. The monoisotopic (exact) mass is 189 g/mol. The summed E-state index contributed by atoms with van der Waals surface area (Å²) in [4.78, 5) is 0. The van der Waals surface area contributed by atoms with E-state index in [2.05, 4.69) is 12.2 Å². The average Bonchev–Trinajstić information content (AvgIpc) is 2.09. The largest absolute Gasteiger partial charge is 0.391 e. The standard InChI is InChI=1S/C10H23NO2/c1-3-4-6-11-7-5-8-13-9-10(2)12/h10-12H,3-9H2,1-2H3. The molecule has 0 bridgehead atoms. The van der Waals surface area contributed by atoms with Gasteiger partial charge in [-0.1, -0.05) is 13.3 Å². The average molecular weight is 189 g/mol. The van der Waals surface area contributed by atoms with Crippen LogP contribution in [0.15, 0.2) is 0 Å². The van der Waals surface area contributed by atoms with Crippen molar-refractivity contribution >= 4 is 0 Å². The molecule has 0 aliphatic carbocycles. The molecule has 1 atom stereocenters. The summed E-state index contributed by atoms with van der Waals surface area (Å²) >= 11 is 0. The van der Waals surface area contributed by atoms with Gasteiger partial charge >= 0.3 is 0 Å². The summed E-state index contributed by atoms with van der Waals surface area (Å²) in [6.07, 6.45) is 3.17. The quantitative estimate of drug-likeness (QED) is 0.535. The number of aliphatic hydroxyl groups excluding tert-OH is 1. The predicted molar refractivity (Wildman–Crippen MR) is 54.9 cm³/mol. The molecule has 3 nitrogen and oxygen atoms in total. The van der Waals surface area contributed by atoms with Gasteiger partial charge in [-0.2, -0.15) is 0 Å². The summed E-state index contributed by atoms with van der Waals surface area (Å²) in [5.74, 6) is 0. The molecule has 0 spiro atoms. The number of rotatable bonds is 9. The van der Waals surface area contributed by atoms with Crippen LogP contribution < -0.4 is 5.32 Å². The van der Waals surface area contributed by atoms with Gasteiger partial charge in [0.1, 0.15) is 0 Å². The van der Waals surface area contributed by atoms with Crippen LogP contribution in [0.25, 0.3) is 0 Å². The molecule has 0 aromatic rings. The Bertz CT molecular complexity index is 96.9. The van der Waals surface area contributed by atoms with Gasteiger partial charge in [0.25, 0.3) is 0 Å². The minimum Gasteiger partial charge on any atom is -0.391 e. The van der Waals surface area contributed by atoms with Crippen molar-refractivity contribution in [2.24, 2.45) is 0 Å². The first-order valence-corrected chi connectivity index (χ1v) is 5.24. The van der Waals surface area contributed by atoms with E-state index in [9.17, 15) is 0 Å². The van der Waals surface area contributed by atoms with Crippen LogP contribution in [0.3, 0.4) is 0 Å². The molecule has 0 aromatic heterocycles. The van der Waals surface area contributed by atoms with Gasteiger partial charge in [-0.3, -0.25) is 0 Å². The highest BCUT2D eigenvalue weighted by Crippen LogP contribution is 1.86.